The van der Waals surface area contributed by atoms with Crippen LogP contribution in [-0.2, 0) is 11.3 Å². The fourth-order valence-electron chi connectivity index (χ4n) is 3.66. The zero-order chi connectivity index (χ0) is 19.0. The summed E-state index contributed by atoms with van der Waals surface area (Å²) in [4.78, 5) is 17.7. The van der Waals surface area contributed by atoms with Gasteiger partial charge in [-0.2, -0.15) is 0 Å². The minimum absolute atomic E-state index is 0.0465. The summed E-state index contributed by atoms with van der Waals surface area (Å²) in [6.07, 6.45) is 5.56. The van der Waals surface area contributed by atoms with Gasteiger partial charge in [-0.3, -0.25) is 9.20 Å². The van der Waals surface area contributed by atoms with Crippen molar-refractivity contribution in [1.29, 1.82) is 0 Å². The van der Waals surface area contributed by atoms with Crippen molar-refractivity contribution in [3.63, 3.8) is 0 Å². The Morgan fingerprint density at radius 1 is 1.33 bits per heavy atom. The lowest BCUT2D eigenvalue weighted by atomic mass is 10.00. The lowest BCUT2D eigenvalue weighted by molar-refractivity contribution is 0.0835. The van der Waals surface area contributed by atoms with Crippen molar-refractivity contribution < 1.29 is 9.47 Å². The molecule has 1 aliphatic rings. The molecule has 0 unspecified atom stereocenters. The molecule has 1 saturated heterocycles. The van der Waals surface area contributed by atoms with Crippen LogP contribution in [0.5, 0.6) is 5.75 Å². The van der Waals surface area contributed by atoms with Gasteiger partial charge in [0.05, 0.1) is 24.9 Å². The second kappa shape index (κ2) is 7.37. The van der Waals surface area contributed by atoms with Crippen molar-refractivity contribution in [2.75, 3.05) is 20.3 Å². The van der Waals surface area contributed by atoms with Gasteiger partial charge >= 0.3 is 0 Å². The van der Waals surface area contributed by atoms with E-state index in [2.05, 4.69) is 4.98 Å². The number of hydrogen-bond donors (Lipinski definition) is 0. The SMILES string of the molecule is COc1cc(Cn2c(C)cn3c(C4CCOCC4)ncc3c2=O)ccc1Cl. The van der Waals surface area contributed by atoms with Crippen LogP contribution in [0.3, 0.4) is 0 Å². The van der Waals surface area contributed by atoms with E-state index in [4.69, 9.17) is 21.1 Å². The van der Waals surface area contributed by atoms with Crippen LogP contribution < -0.4 is 10.3 Å². The number of ether oxygens (including phenoxy) is 2. The number of aromatic nitrogens is 3. The van der Waals surface area contributed by atoms with Crippen molar-refractivity contribution >= 4 is 17.1 Å². The smallest absolute Gasteiger partial charge is 0.276 e. The first kappa shape index (κ1) is 18.1. The molecule has 0 aliphatic carbocycles. The lowest BCUT2D eigenvalue weighted by Crippen LogP contribution is -2.25. The van der Waals surface area contributed by atoms with Gasteiger partial charge in [0.25, 0.3) is 5.56 Å². The van der Waals surface area contributed by atoms with E-state index in [9.17, 15) is 4.79 Å². The van der Waals surface area contributed by atoms with E-state index >= 15 is 0 Å². The molecule has 142 valence electrons. The van der Waals surface area contributed by atoms with Gasteiger partial charge in [-0.05, 0) is 37.5 Å². The maximum absolute atomic E-state index is 13.1. The van der Waals surface area contributed by atoms with Gasteiger partial charge in [0.2, 0.25) is 0 Å². The molecule has 1 aromatic carbocycles. The second-order valence-electron chi connectivity index (χ2n) is 6.89. The summed E-state index contributed by atoms with van der Waals surface area (Å²) in [6, 6.07) is 5.56. The Kier molecular flexibility index (Phi) is 4.93. The number of hydrogen-bond acceptors (Lipinski definition) is 4. The van der Waals surface area contributed by atoms with Gasteiger partial charge in [0.15, 0.2) is 0 Å². The summed E-state index contributed by atoms with van der Waals surface area (Å²) >= 11 is 6.10. The highest BCUT2D eigenvalue weighted by molar-refractivity contribution is 6.32. The molecule has 4 rings (SSSR count). The van der Waals surface area contributed by atoms with Crippen LogP contribution in [0.25, 0.3) is 5.52 Å². The number of halogens is 1. The molecule has 0 spiro atoms. The normalized spacial score (nSPS) is 15.4. The first-order chi connectivity index (χ1) is 13.1. The highest BCUT2D eigenvalue weighted by Gasteiger charge is 2.22. The molecule has 0 N–H and O–H groups in total. The number of rotatable bonds is 4. The molecule has 0 saturated carbocycles. The average Bonchev–Trinajstić information content (AvgIpc) is 3.11. The lowest BCUT2D eigenvalue weighted by Gasteiger charge is -2.21. The quantitative estimate of drug-likeness (QED) is 0.688. The summed E-state index contributed by atoms with van der Waals surface area (Å²) in [5.41, 5.74) is 2.39. The van der Waals surface area contributed by atoms with E-state index in [-0.39, 0.29) is 5.56 Å². The van der Waals surface area contributed by atoms with Crippen LogP contribution >= 0.6 is 11.6 Å². The topological polar surface area (TPSA) is 57.8 Å². The number of nitrogens with zero attached hydrogens (tertiary/aromatic N) is 3. The third-order valence-electron chi connectivity index (χ3n) is 5.17. The first-order valence-corrected chi connectivity index (χ1v) is 9.44. The maximum atomic E-state index is 13.1. The van der Waals surface area contributed by atoms with Crippen LogP contribution in [0.15, 0.2) is 35.4 Å². The number of methoxy groups -OCH3 is 1. The van der Waals surface area contributed by atoms with E-state index in [0.29, 0.717) is 28.8 Å². The highest BCUT2D eigenvalue weighted by atomic mass is 35.5. The Labute approximate surface area is 162 Å². The fourth-order valence-corrected chi connectivity index (χ4v) is 3.86. The summed E-state index contributed by atoms with van der Waals surface area (Å²) in [6.45, 7) is 3.89. The van der Waals surface area contributed by atoms with E-state index in [0.717, 1.165) is 43.1 Å². The van der Waals surface area contributed by atoms with Gasteiger partial charge in [0, 0.05) is 31.0 Å². The van der Waals surface area contributed by atoms with Crippen LogP contribution in [-0.4, -0.2) is 34.3 Å². The molecule has 1 fully saturated rings. The summed E-state index contributed by atoms with van der Waals surface area (Å²) in [7, 11) is 1.58. The fraction of sp³-hybridized carbons (Fsp3) is 0.400. The third kappa shape index (κ3) is 3.35. The predicted octanol–water partition coefficient (Wildman–Crippen LogP) is 3.41. The molecule has 0 bridgehead atoms. The molecular weight excluding hydrogens is 366 g/mol. The van der Waals surface area contributed by atoms with Crippen LogP contribution in [0, 0.1) is 6.92 Å². The number of imidazole rings is 1. The molecule has 0 atom stereocenters. The van der Waals surface area contributed by atoms with Gasteiger partial charge in [0.1, 0.15) is 17.1 Å². The van der Waals surface area contributed by atoms with Crippen molar-refractivity contribution in [3.8, 4) is 5.75 Å². The Hall–Kier alpha value is -2.31. The van der Waals surface area contributed by atoms with Gasteiger partial charge in [-0.1, -0.05) is 17.7 Å². The molecule has 3 heterocycles. The second-order valence-corrected chi connectivity index (χ2v) is 7.30. The van der Waals surface area contributed by atoms with E-state index in [1.807, 2.05) is 29.7 Å². The minimum Gasteiger partial charge on any atom is -0.495 e. The Balaban J connectivity index is 1.73. The Morgan fingerprint density at radius 3 is 2.85 bits per heavy atom. The molecule has 27 heavy (non-hydrogen) atoms. The highest BCUT2D eigenvalue weighted by Crippen LogP contribution is 2.27. The van der Waals surface area contributed by atoms with E-state index < -0.39 is 0 Å². The van der Waals surface area contributed by atoms with Crippen LogP contribution in [0.2, 0.25) is 5.02 Å². The zero-order valence-electron chi connectivity index (χ0n) is 15.4. The Bertz CT molecular complexity index is 1030. The minimum atomic E-state index is -0.0465. The number of aryl methyl sites for hydroxylation is 1. The van der Waals surface area contributed by atoms with Crippen molar-refractivity contribution in [3.05, 3.63) is 63.1 Å². The molecule has 0 amide bonds. The summed E-state index contributed by atoms with van der Waals surface area (Å²) < 4.78 is 14.4. The molecule has 1 aliphatic heterocycles. The van der Waals surface area contributed by atoms with E-state index in [1.54, 1.807) is 23.9 Å². The standard InChI is InChI=1S/C20H22ClN3O3/c1-13-11-24-17(10-22-19(24)15-5-7-27-8-6-15)20(25)23(13)12-14-3-4-16(21)18(9-14)26-2/h3-4,9-11,15H,5-8,12H2,1-2H3. The number of benzene rings is 1. The van der Waals surface area contributed by atoms with Crippen molar-refractivity contribution in [2.24, 2.45) is 0 Å². The summed E-state index contributed by atoms with van der Waals surface area (Å²) in [5.74, 6) is 1.89. The van der Waals surface area contributed by atoms with Crippen LogP contribution in [0.1, 0.15) is 35.8 Å². The van der Waals surface area contributed by atoms with Gasteiger partial charge in [-0.25, -0.2) is 4.98 Å². The van der Waals surface area contributed by atoms with Gasteiger partial charge in [-0.15, -0.1) is 0 Å². The third-order valence-corrected chi connectivity index (χ3v) is 5.49. The molecule has 6 nitrogen and oxygen atoms in total. The van der Waals surface area contributed by atoms with Crippen molar-refractivity contribution in [2.45, 2.75) is 32.2 Å². The first-order valence-electron chi connectivity index (χ1n) is 9.06. The molecule has 7 heteroatoms. The monoisotopic (exact) mass is 387 g/mol. The zero-order valence-corrected chi connectivity index (χ0v) is 16.2. The number of fused-ring (bicyclic) bond motifs is 1. The van der Waals surface area contributed by atoms with Crippen LogP contribution in [0.4, 0.5) is 0 Å². The van der Waals surface area contributed by atoms with Gasteiger partial charge < -0.3 is 14.0 Å². The summed E-state index contributed by atoms with van der Waals surface area (Å²) in [5, 5.41) is 0.553. The molecule has 2 aromatic heterocycles. The average molecular weight is 388 g/mol. The maximum Gasteiger partial charge on any atom is 0.276 e. The Morgan fingerprint density at radius 2 is 2.11 bits per heavy atom. The van der Waals surface area contributed by atoms with Crippen molar-refractivity contribution in [1.82, 2.24) is 14.0 Å². The molecular formula is C20H22ClN3O3. The van der Waals surface area contributed by atoms with E-state index in [1.165, 1.54) is 0 Å². The predicted molar refractivity (Wildman–Crippen MR) is 104 cm³/mol. The molecule has 0 radical (unpaired) electrons. The molecule has 3 aromatic rings. The largest absolute Gasteiger partial charge is 0.495 e.